The lowest BCUT2D eigenvalue weighted by Gasteiger charge is -2.24. The van der Waals surface area contributed by atoms with Crippen LogP contribution in [0.1, 0.15) is 13.8 Å². The van der Waals surface area contributed by atoms with Gasteiger partial charge in [-0.15, -0.1) is 0 Å². The fourth-order valence-electron chi connectivity index (χ4n) is 2.50. The smallest absolute Gasteiger partial charge is 0.325 e. The molecule has 0 atom stereocenters. The monoisotopic (exact) mass is 454 g/mol. The lowest BCUT2D eigenvalue weighted by Crippen LogP contribution is -2.43. The number of hydrogen-bond acceptors (Lipinski definition) is 3. The molecule has 8 heteroatoms. The van der Waals surface area contributed by atoms with Crippen molar-refractivity contribution in [2.24, 2.45) is 5.73 Å². The third-order valence-corrected chi connectivity index (χ3v) is 5.35. The average Bonchev–Trinajstić information content (AvgIpc) is 2.60. The Morgan fingerprint density at radius 2 is 1.73 bits per heavy atom. The van der Waals surface area contributed by atoms with Crippen LogP contribution >= 0.6 is 39.7 Å². The van der Waals surface area contributed by atoms with E-state index in [2.05, 4.69) is 40.0 Å². The summed E-state index contributed by atoms with van der Waals surface area (Å²) in [6, 6.07) is 12.2. The molecule has 138 valence electrons. The van der Waals surface area contributed by atoms with Crippen LogP contribution in [-0.2, 0) is 0 Å². The van der Waals surface area contributed by atoms with Crippen LogP contribution in [0.15, 0.2) is 46.9 Å². The first kappa shape index (κ1) is 20.5. The molecular weight excluding hydrogens is 436 g/mol. The van der Waals surface area contributed by atoms with Crippen LogP contribution in [0, 0.1) is 0 Å². The summed E-state index contributed by atoms with van der Waals surface area (Å²) in [6.45, 7) is 5.99. The molecule has 0 aliphatic carbocycles. The molecule has 0 heterocycles. The summed E-state index contributed by atoms with van der Waals surface area (Å²) in [6.07, 6.45) is 0. The number of nitrogens with two attached hydrogens (primary N) is 1. The van der Waals surface area contributed by atoms with Crippen LogP contribution in [0.3, 0.4) is 0 Å². The van der Waals surface area contributed by atoms with Gasteiger partial charge in [0.05, 0.1) is 10.7 Å². The second-order valence-electron chi connectivity index (χ2n) is 5.42. The fraction of sp³-hybridized carbons (Fsp3) is 0.222. The molecule has 0 aromatic heterocycles. The van der Waals surface area contributed by atoms with E-state index >= 15 is 0 Å². The minimum absolute atomic E-state index is 0.173. The van der Waals surface area contributed by atoms with Crippen molar-refractivity contribution in [3.63, 3.8) is 0 Å². The van der Waals surface area contributed by atoms with Gasteiger partial charge >= 0.3 is 6.03 Å². The number of hydrogen-bond donors (Lipinski definition) is 2. The van der Waals surface area contributed by atoms with Crippen molar-refractivity contribution in [2.75, 3.05) is 28.2 Å². The number of primary amides is 1. The van der Waals surface area contributed by atoms with Gasteiger partial charge in [-0.3, -0.25) is 0 Å². The van der Waals surface area contributed by atoms with Crippen molar-refractivity contribution < 1.29 is 4.79 Å². The van der Waals surface area contributed by atoms with Crippen molar-refractivity contribution in [1.29, 1.82) is 0 Å². The summed E-state index contributed by atoms with van der Waals surface area (Å²) in [7, 11) is 0. The van der Waals surface area contributed by atoms with Crippen LogP contribution in [0.5, 0.6) is 0 Å². The molecule has 0 aliphatic heterocycles. The summed E-state index contributed by atoms with van der Waals surface area (Å²) in [5.74, 6) is 0. The van der Waals surface area contributed by atoms with E-state index in [0.717, 1.165) is 23.2 Å². The molecule has 0 unspecified atom stereocenters. The van der Waals surface area contributed by atoms with Gasteiger partial charge in [0.25, 0.3) is 0 Å². The molecule has 0 radical (unpaired) electrons. The molecule has 0 saturated heterocycles. The quantitative estimate of drug-likeness (QED) is 0.606. The number of nitrogens with zero attached hydrogens (tertiary/aromatic N) is 2. The largest absolute Gasteiger partial charge is 0.372 e. The Bertz CT molecular complexity index is 796. The molecule has 0 bridgehead atoms. The minimum atomic E-state index is -0.665. The number of urea groups is 1. The van der Waals surface area contributed by atoms with Crippen molar-refractivity contribution in [3.05, 3.63) is 52.0 Å². The Labute approximate surface area is 172 Å². The van der Waals surface area contributed by atoms with Crippen molar-refractivity contribution in [1.82, 2.24) is 0 Å². The summed E-state index contributed by atoms with van der Waals surface area (Å²) in [5, 5.41) is 3.70. The highest BCUT2D eigenvalue weighted by molar-refractivity contribution is 9.10. The number of amides is 2. The third kappa shape index (κ3) is 4.87. The second kappa shape index (κ2) is 9.21. The summed E-state index contributed by atoms with van der Waals surface area (Å²) in [4.78, 5) is 15.4. The normalized spacial score (nSPS) is 10.3. The summed E-state index contributed by atoms with van der Waals surface area (Å²) in [5.41, 5.74) is 7.87. The lowest BCUT2D eigenvalue weighted by atomic mass is 10.2. The number of anilines is 3. The van der Waals surface area contributed by atoms with Crippen LogP contribution in [0.4, 0.5) is 21.9 Å². The van der Waals surface area contributed by atoms with Gasteiger partial charge in [0.2, 0.25) is 0 Å². The molecule has 0 aliphatic rings. The van der Waals surface area contributed by atoms with Gasteiger partial charge in [0.15, 0.2) is 5.11 Å². The molecule has 2 amide bonds. The van der Waals surface area contributed by atoms with Gasteiger partial charge in [0, 0.05) is 28.9 Å². The Balaban J connectivity index is 2.23. The molecule has 2 aromatic carbocycles. The Kier molecular flexibility index (Phi) is 7.25. The number of benzene rings is 2. The van der Waals surface area contributed by atoms with E-state index in [9.17, 15) is 4.79 Å². The topological polar surface area (TPSA) is 61.6 Å². The van der Waals surface area contributed by atoms with Crippen molar-refractivity contribution in [2.45, 2.75) is 13.8 Å². The van der Waals surface area contributed by atoms with Gasteiger partial charge in [-0.25, -0.2) is 9.69 Å². The van der Waals surface area contributed by atoms with E-state index in [4.69, 9.17) is 29.6 Å². The van der Waals surface area contributed by atoms with E-state index in [0.29, 0.717) is 16.4 Å². The molecule has 0 spiro atoms. The van der Waals surface area contributed by atoms with E-state index in [-0.39, 0.29) is 5.11 Å². The van der Waals surface area contributed by atoms with Gasteiger partial charge in [0.1, 0.15) is 0 Å². The van der Waals surface area contributed by atoms with Crippen LogP contribution in [-0.4, -0.2) is 24.2 Å². The maximum atomic E-state index is 12.0. The molecule has 26 heavy (non-hydrogen) atoms. The highest BCUT2D eigenvalue weighted by Crippen LogP contribution is 2.26. The second-order valence-corrected chi connectivity index (χ2v) is 7.07. The van der Waals surface area contributed by atoms with E-state index < -0.39 is 6.03 Å². The first-order valence-electron chi connectivity index (χ1n) is 8.08. The predicted octanol–water partition coefficient (Wildman–Crippen LogP) is 5.23. The zero-order valence-corrected chi connectivity index (χ0v) is 17.7. The number of halogens is 2. The highest BCUT2D eigenvalue weighted by Gasteiger charge is 2.18. The van der Waals surface area contributed by atoms with Crippen molar-refractivity contribution in [3.8, 4) is 0 Å². The van der Waals surface area contributed by atoms with Crippen molar-refractivity contribution >= 4 is 68.0 Å². The molecule has 2 rings (SSSR count). The Morgan fingerprint density at radius 1 is 1.15 bits per heavy atom. The zero-order valence-electron chi connectivity index (χ0n) is 14.5. The average molecular weight is 456 g/mol. The van der Waals surface area contributed by atoms with E-state index in [1.807, 2.05) is 24.3 Å². The molecule has 0 fully saturated rings. The standard InChI is InChI=1S/C18H20BrClN4OS/c1-3-23(4-2)13-6-8-14(9-7-13)24(17(21)25)18(26)22-12-5-10-15(19)16(20)11-12/h5-11H,3-4H2,1-2H3,(H2,21,25)(H,22,26). The van der Waals surface area contributed by atoms with Crippen LogP contribution in [0.2, 0.25) is 5.02 Å². The first-order valence-corrected chi connectivity index (χ1v) is 9.65. The van der Waals surface area contributed by atoms with E-state index in [1.54, 1.807) is 18.2 Å². The van der Waals surface area contributed by atoms with Gasteiger partial charge in [-0.1, -0.05) is 11.6 Å². The zero-order chi connectivity index (χ0) is 19.3. The maximum absolute atomic E-state index is 12.0. The number of nitrogens with one attached hydrogen (secondary N) is 1. The van der Waals surface area contributed by atoms with Gasteiger partial charge in [-0.2, -0.15) is 0 Å². The fourth-order valence-corrected chi connectivity index (χ4v) is 3.24. The van der Waals surface area contributed by atoms with Crippen LogP contribution < -0.4 is 20.9 Å². The molecule has 0 saturated carbocycles. The summed E-state index contributed by atoms with van der Waals surface area (Å²) < 4.78 is 0.773. The number of carbonyl (C=O) groups excluding carboxylic acids is 1. The summed E-state index contributed by atoms with van der Waals surface area (Å²) >= 11 is 14.8. The molecule has 3 N–H and O–H groups in total. The lowest BCUT2D eigenvalue weighted by molar-refractivity contribution is 0.256. The van der Waals surface area contributed by atoms with E-state index in [1.165, 1.54) is 4.90 Å². The highest BCUT2D eigenvalue weighted by atomic mass is 79.9. The Morgan fingerprint density at radius 3 is 2.23 bits per heavy atom. The van der Waals surface area contributed by atoms with Crippen LogP contribution in [0.25, 0.3) is 0 Å². The molecule has 2 aromatic rings. The molecule has 5 nitrogen and oxygen atoms in total. The number of rotatable bonds is 5. The van der Waals surface area contributed by atoms with Gasteiger partial charge in [-0.05, 0) is 84.5 Å². The number of thiocarbonyl (C=S) groups is 1. The maximum Gasteiger partial charge on any atom is 0.325 e. The minimum Gasteiger partial charge on any atom is -0.372 e. The number of carbonyl (C=O) groups is 1. The van der Waals surface area contributed by atoms with Gasteiger partial charge < -0.3 is 16.0 Å². The predicted molar refractivity (Wildman–Crippen MR) is 117 cm³/mol. The first-order chi connectivity index (χ1) is 12.4. The SMILES string of the molecule is CCN(CC)c1ccc(N(C(N)=O)C(=S)Nc2ccc(Br)c(Cl)c2)cc1. The Hall–Kier alpha value is -1.83. The molecular formula is C18H20BrClN4OS. The third-order valence-electron chi connectivity index (χ3n) is 3.83.